The van der Waals surface area contributed by atoms with E-state index in [-0.39, 0.29) is 5.41 Å². The van der Waals surface area contributed by atoms with E-state index in [1.165, 1.54) is 5.56 Å². The van der Waals surface area contributed by atoms with E-state index < -0.39 is 11.5 Å². The maximum Gasteiger partial charge on any atom is 0.157 e. The predicted molar refractivity (Wildman–Crippen MR) is 60.4 cm³/mol. The number of hydrogen-bond acceptors (Lipinski definition) is 2. The molecule has 16 heavy (non-hydrogen) atoms. The number of carboxylic acid groups (broad SMARTS) is 1. The minimum absolute atomic E-state index is 0.0670. The van der Waals surface area contributed by atoms with Crippen LogP contribution in [0.15, 0.2) is 24.3 Å². The Morgan fingerprint density at radius 2 is 1.44 bits per heavy atom. The molecular formula is C13H19NO2. The molecule has 1 aromatic carbocycles. The second-order valence-electron chi connectivity index (χ2n) is 5.45. The summed E-state index contributed by atoms with van der Waals surface area (Å²) in [6.45, 7) is 7.90. The molecule has 0 unspecified atom stereocenters. The first-order valence-electron chi connectivity index (χ1n) is 5.33. The number of benzene rings is 1. The summed E-state index contributed by atoms with van der Waals surface area (Å²) in [5.41, 5.74) is 4.39. The predicted octanol–water partition coefficient (Wildman–Crippen LogP) is 0.191. The fraction of sp³-hybridized carbons (Fsp3) is 0.462. The molecule has 0 aliphatic rings. The van der Waals surface area contributed by atoms with Crippen molar-refractivity contribution in [2.24, 2.45) is 0 Å². The number of quaternary nitrogens is 1. The zero-order chi connectivity index (χ0) is 12.6. The van der Waals surface area contributed by atoms with E-state index in [4.69, 9.17) is 0 Å². The highest BCUT2D eigenvalue weighted by Crippen LogP contribution is 2.24. The minimum Gasteiger partial charge on any atom is -0.543 e. The van der Waals surface area contributed by atoms with Gasteiger partial charge in [-0.05, 0) is 11.0 Å². The molecule has 1 aromatic rings. The Morgan fingerprint density at radius 1 is 1.06 bits per heavy atom. The third-order valence-corrected chi connectivity index (χ3v) is 2.84. The SMILES string of the molecule is CC(C)(C)c1ccc([C@@](C)([NH3+])C(=O)[O-])cc1. The maximum absolute atomic E-state index is 10.9. The van der Waals surface area contributed by atoms with Crippen molar-refractivity contribution in [3.05, 3.63) is 35.4 Å². The zero-order valence-corrected chi connectivity index (χ0v) is 10.3. The van der Waals surface area contributed by atoms with Crippen molar-refractivity contribution in [3.8, 4) is 0 Å². The molecule has 0 saturated carbocycles. The Balaban J connectivity index is 3.09. The molecular weight excluding hydrogens is 202 g/mol. The summed E-state index contributed by atoms with van der Waals surface area (Å²) in [6.07, 6.45) is 0. The van der Waals surface area contributed by atoms with E-state index >= 15 is 0 Å². The van der Waals surface area contributed by atoms with E-state index in [9.17, 15) is 9.90 Å². The van der Waals surface area contributed by atoms with Crippen LogP contribution in [0, 0.1) is 0 Å². The van der Waals surface area contributed by atoms with Crippen molar-refractivity contribution in [1.29, 1.82) is 0 Å². The van der Waals surface area contributed by atoms with Gasteiger partial charge in [0.2, 0.25) is 0 Å². The molecule has 0 radical (unpaired) electrons. The highest BCUT2D eigenvalue weighted by molar-refractivity contribution is 5.76. The molecule has 88 valence electrons. The number of carbonyl (C=O) groups excluding carboxylic acids is 1. The van der Waals surface area contributed by atoms with Gasteiger partial charge in [-0.2, -0.15) is 0 Å². The Bertz CT molecular complexity index is 385. The van der Waals surface area contributed by atoms with Gasteiger partial charge in [-0.25, -0.2) is 0 Å². The molecule has 0 aliphatic carbocycles. The molecule has 0 spiro atoms. The van der Waals surface area contributed by atoms with Gasteiger partial charge >= 0.3 is 0 Å². The molecule has 0 amide bonds. The summed E-state index contributed by atoms with van der Waals surface area (Å²) < 4.78 is 0. The highest BCUT2D eigenvalue weighted by atomic mass is 16.4. The van der Waals surface area contributed by atoms with Crippen molar-refractivity contribution >= 4 is 5.97 Å². The lowest BCUT2D eigenvalue weighted by molar-refractivity contribution is -0.489. The van der Waals surface area contributed by atoms with Crippen molar-refractivity contribution in [2.75, 3.05) is 0 Å². The van der Waals surface area contributed by atoms with Gasteiger partial charge in [0, 0.05) is 12.5 Å². The average Bonchev–Trinajstić information content (AvgIpc) is 2.16. The topological polar surface area (TPSA) is 67.8 Å². The molecule has 1 atom stereocenters. The van der Waals surface area contributed by atoms with Crippen LogP contribution in [-0.2, 0) is 15.7 Å². The lowest BCUT2D eigenvalue weighted by Crippen LogP contribution is -2.75. The van der Waals surface area contributed by atoms with Crippen molar-refractivity contribution < 1.29 is 15.6 Å². The van der Waals surface area contributed by atoms with Crippen LogP contribution in [0.5, 0.6) is 0 Å². The molecule has 0 bridgehead atoms. The van der Waals surface area contributed by atoms with Crippen molar-refractivity contribution in [1.82, 2.24) is 0 Å². The van der Waals surface area contributed by atoms with Crippen LogP contribution < -0.4 is 10.8 Å². The van der Waals surface area contributed by atoms with Gasteiger partial charge in [0.15, 0.2) is 5.54 Å². The largest absolute Gasteiger partial charge is 0.543 e. The first-order valence-corrected chi connectivity index (χ1v) is 5.33. The third kappa shape index (κ3) is 2.42. The van der Waals surface area contributed by atoms with Crippen LogP contribution in [0.1, 0.15) is 38.8 Å². The Kier molecular flexibility index (Phi) is 3.10. The minimum atomic E-state index is -1.18. The lowest BCUT2D eigenvalue weighted by Gasteiger charge is -2.24. The average molecular weight is 221 g/mol. The summed E-state index contributed by atoms with van der Waals surface area (Å²) in [5.74, 6) is -1.16. The van der Waals surface area contributed by atoms with E-state index in [0.29, 0.717) is 5.56 Å². The van der Waals surface area contributed by atoms with Crippen LogP contribution in [-0.4, -0.2) is 5.97 Å². The van der Waals surface area contributed by atoms with Gasteiger partial charge in [0.25, 0.3) is 0 Å². The maximum atomic E-state index is 10.9. The van der Waals surface area contributed by atoms with Crippen molar-refractivity contribution in [3.63, 3.8) is 0 Å². The number of rotatable bonds is 2. The number of carboxylic acids is 1. The standard InChI is InChI=1S/C13H19NO2/c1-12(2,3)9-5-7-10(8-6-9)13(4,14)11(15)16/h5-8H,14H2,1-4H3,(H,15,16)/t13-/m1/s1. The second-order valence-corrected chi connectivity index (χ2v) is 5.45. The summed E-state index contributed by atoms with van der Waals surface area (Å²) in [7, 11) is 0. The lowest BCUT2D eigenvalue weighted by atomic mass is 9.84. The second kappa shape index (κ2) is 3.91. The number of hydrogen-bond donors (Lipinski definition) is 1. The smallest absolute Gasteiger partial charge is 0.157 e. The van der Waals surface area contributed by atoms with E-state index in [2.05, 4.69) is 26.5 Å². The van der Waals surface area contributed by atoms with E-state index in [1.807, 2.05) is 24.3 Å². The summed E-state index contributed by atoms with van der Waals surface area (Å²) in [6, 6.07) is 7.51. The van der Waals surface area contributed by atoms with E-state index in [0.717, 1.165) is 0 Å². The zero-order valence-electron chi connectivity index (χ0n) is 10.3. The fourth-order valence-corrected chi connectivity index (χ4v) is 1.46. The van der Waals surface area contributed by atoms with Crippen LogP contribution >= 0.6 is 0 Å². The van der Waals surface area contributed by atoms with Gasteiger partial charge in [-0.3, -0.25) is 0 Å². The quantitative estimate of drug-likeness (QED) is 0.774. The van der Waals surface area contributed by atoms with Gasteiger partial charge in [-0.1, -0.05) is 45.0 Å². The normalized spacial score (nSPS) is 15.6. The molecule has 0 fully saturated rings. The first-order chi connectivity index (χ1) is 7.15. The molecule has 0 saturated heterocycles. The monoisotopic (exact) mass is 221 g/mol. The van der Waals surface area contributed by atoms with Crippen LogP contribution in [0.25, 0.3) is 0 Å². The summed E-state index contributed by atoms with van der Waals surface area (Å²) in [4.78, 5) is 10.9. The molecule has 3 heteroatoms. The van der Waals surface area contributed by atoms with Gasteiger partial charge < -0.3 is 15.6 Å². The van der Waals surface area contributed by atoms with Gasteiger partial charge in [0.1, 0.15) is 5.97 Å². The number of aliphatic carboxylic acids is 1. The van der Waals surface area contributed by atoms with Crippen molar-refractivity contribution in [2.45, 2.75) is 38.6 Å². The van der Waals surface area contributed by atoms with E-state index in [1.54, 1.807) is 6.92 Å². The van der Waals surface area contributed by atoms with Gasteiger partial charge in [0.05, 0.1) is 0 Å². The molecule has 0 heterocycles. The Morgan fingerprint density at radius 3 is 1.75 bits per heavy atom. The van der Waals surface area contributed by atoms with Crippen LogP contribution in [0.4, 0.5) is 0 Å². The van der Waals surface area contributed by atoms with Gasteiger partial charge in [-0.15, -0.1) is 0 Å². The van der Waals surface area contributed by atoms with Crippen LogP contribution in [0.3, 0.4) is 0 Å². The molecule has 3 nitrogen and oxygen atoms in total. The Labute approximate surface area is 96.3 Å². The molecule has 0 aliphatic heterocycles. The Hall–Kier alpha value is -1.35. The first kappa shape index (κ1) is 12.7. The summed E-state index contributed by atoms with van der Waals surface area (Å²) >= 11 is 0. The molecule has 0 aromatic heterocycles. The third-order valence-electron chi connectivity index (χ3n) is 2.84. The molecule has 1 rings (SSSR count). The number of carbonyl (C=O) groups is 1. The molecule has 3 N–H and O–H groups in total. The van der Waals surface area contributed by atoms with Crippen LogP contribution in [0.2, 0.25) is 0 Å². The fourth-order valence-electron chi connectivity index (χ4n) is 1.46. The summed E-state index contributed by atoms with van der Waals surface area (Å²) in [5, 5.41) is 10.9. The highest BCUT2D eigenvalue weighted by Gasteiger charge is 2.27.